The van der Waals surface area contributed by atoms with E-state index in [1.165, 1.54) is 30.3 Å². The third kappa shape index (κ3) is 2.39. The topological polar surface area (TPSA) is 60.7 Å². The van der Waals surface area contributed by atoms with Gasteiger partial charge in [-0.1, -0.05) is 0 Å². The van der Waals surface area contributed by atoms with Crippen molar-refractivity contribution in [2.45, 2.75) is 6.29 Å². The van der Waals surface area contributed by atoms with Crippen LogP contribution in [0.4, 0.5) is 14.5 Å². The molecule has 20 heavy (non-hydrogen) atoms. The maximum Gasteiger partial charge on any atom is 0.586 e. The molecule has 0 aliphatic carbocycles. The number of fused-ring (bicyclic) bond motifs is 1. The number of anilines is 1. The molecule has 8 heteroatoms. The monoisotopic (exact) mass is 301 g/mol. The second-order valence-electron chi connectivity index (χ2n) is 3.89. The fraction of sp³-hybridized carbons (Fsp3) is 0.0833. The highest BCUT2D eigenvalue weighted by Crippen LogP contribution is 2.42. The van der Waals surface area contributed by atoms with Gasteiger partial charge in [0.05, 0.1) is 0 Å². The summed E-state index contributed by atoms with van der Waals surface area (Å²) >= 11 is 5.55. The van der Waals surface area contributed by atoms with Crippen LogP contribution < -0.4 is 14.8 Å². The van der Waals surface area contributed by atoms with Crippen LogP contribution in [0.5, 0.6) is 11.5 Å². The van der Waals surface area contributed by atoms with Crippen LogP contribution in [0.25, 0.3) is 0 Å². The van der Waals surface area contributed by atoms with Crippen LogP contribution in [0.2, 0.25) is 5.22 Å². The van der Waals surface area contributed by atoms with Gasteiger partial charge in [0, 0.05) is 11.8 Å². The Labute approximate surface area is 116 Å². The number of carbonyl (C=O) groups is 1. The van der Waals surface area contributed by atoms with Gasteiger partial charge in [0.25, 0.3) is 5.91 Å². The zero-order chi connectivity index (χ0) is 14.3. The van der Waals surface area contributed by atoms with Crippen molar-refractivity contribution >= 4 is 23.2 Å². The van der Waals surface area contributed by atoms with Crippen LogP contribution in [-0.2, 0) is 0 Å². The molecular weight excluding hydrogens is 296 g/mol. The quantitative estimate of drug-likeness (QED) is 0.922. The van der Waals surface area contributed by atoms with Gasteiger partial charge in [-0.25, -0.2) is 0 Å². The van der Waals surface area contributed by atoms with Gasteiger partial charge in [-0.15, -0.1) is 8.78 Å². The second-order valence-corrected chi connectivity index (χ2v) is 4.26. The second kappa shape index (κ2) is 4.38. The Bertz CT molecular complexity index is 686. The van der Waals surface area contributed by atoms with Crippen LogP contribution in [0.1, 0.15) is 10.6 Å². The third-order valence-electron chi connectivity index (χ3n) is 2.46. The van der Waals surface area contributed by atoms with Gasteiger partial charge < -0.3 is 19.2 Å². The fourth-order valence-electron chi connectivity index (χ4n) is 1.66. The third-order valence-corrected chi connectivity index (χ3v) is 2.66. The lowest BCUT2D eigenvalue weighted by Gasteiger charge is -2.04. The number of carbonyl (C=O) groups excluding carboxylic acids is 1. The largest absolute Gasteiger partial charge is 0.586 e. The number of hydrogen-bond acceptors (Lipinski definition) is 4. The predicted octanol–water partition coefficient (Wildman–Crippen LogP) is 3.51. The number of rotatable bonds is 2. The number of ether oxygens (including phenoxy) is 2. The fourth-order valence-corrected chi connectivity index (χ4v) is 1.80. The highest BCUT2D eigenvalue weighted by Gasteiger charge is 2.43. The Morgan fingerprint density at radius 1 is 1.15 bits per heavy atom. The molecule has 0 atom stereocenters. The van der Waals surface area contributed by atoms with Crippen molar-refractivity contribution in [3.8, 4) is 11.5 Å². The molecule has 0 saturated heterocycles. The maximum atomic E-state index is 12.8. The molecular formula is C12H6ClF2NO4. The molecule has 1 aromatic carbocycles. The van der Waals surface area contributed by atoms with E-state index in [-0.39, 0.29) is 28.2 Å². The number of nitrogens with one attached hydrogen (secondary N) is 1. The highest BCUT2D eigenvalue weighted by molar-refractivity contribution is 6.29. The Hall–Kier alpha value is -2.28. The van der Waals surface area contributed by atoms with Gasteiger partial charge in [-0.05, 0) is 35.9 Å². The van der Waals surface area contributed by atoms with Crippen molar-refractivity contribution in [2.24, 2.45) is 0 Å². The van der Waals surface area contributed by atoms with Crippen molar-refractivity contribution in [1.82, 2.24) is 0 Å². The first-order valence-electron chi connectivity index (χ1n) is 5.39. The van der Waals surface area contributed by atoms with E-state index in [1.54, 1.807) is 0 Å². The molecule has 1 amide bonds. The van der Waals surface area contributed by atoms with Gasteiger partial charge >= 0.3 is 6.29 Å². The Balaban J connectivity index is 1.78. The minimum atomic E-state index is -3.69. The van der Waals surface area contributed by atoms with Crippen molar-refractivity contribution < 1.29 is 27.5 Å². The summed E-state index contributed by atoms with van der Waals surface area (Å²) in [6.07, 6.45) is -3.69. The SMILES string of the molecule is O=C(Nc1ccc2c(c1)OC(F)(F)O2)c1ccc(Cl)o1. The summed E-state index contributed by atoms with van der Waals surface area (Å²) in [7, 11) is 0. The number of halogens is 3. The summed E-state index contributed by atoms with van der Waals surface area (Å²) in [6.45, 7) is 0. The van der Waals surface area contributed by atoms with E-state index in [1.807, 2.05) is 0 Å². The average Bonchev–Trinajstić information content (AvgIpc) is 2.90. The van der Waals surface area contributed by atoms with Crippen LogP contribution in [0.15, 0.2) is 34.7 Å². The van der Waals surface area contributed by atoms with Crippen molar-refractivity contribution in [3.63, 3.8) is 0 Å². The molecule has 5 nitrogen and oxygen atoms in total. The number of benzene rings is 1. The van der Waals surface area contributed by atoms with E-state index < -0.39 is 12.2 Å². The maximum absolute atomic E-state index is 12.8. The zero-order valence-electron chi connectivity index (χ0n) is 9.65. The molecule has 0 radical (unpaired) electrons. The molecule has 3 rings (SSSR count). The van der Waals surface area contributed by atoms with Crippen molar-refractivity contribution in [1.29, 1.82) is 0 Å². The lowest BCUT2D eigenvalue weighted by atomic mass is 10.2. The number of alkyl halides is 2. The van der Waals surface area contributed by atoms with Crippen LogP contribution >= 0.6 is 11.6 Å². The highest BCUT2D eigenvalue weighted by atomic mass is 35.5. The van der Waals surface area contributed by atoms with Crippen LogP contribution in [0.3, 0.4) is 0 Å². The molecule has 104 valence electrons. The Morgan fingerprint density at radius 2 is 1.90 bits per heavy atom. The zero-order valence-corrected chi connectivity index (χ0v) is 10.4. The van der Waals surface area contributed by atoms with Crippen LogP contribution in [0, 0.1) is 0 Å². The average molecular weight is 302 g/mol. The summed E-state index contributed by atoms with van der Waals surface area (Å²) in [4.78, 5) is 11.8. The summed E-state index contributed by atoms with van der Waals surface area (Å²) in [5.74, 6) is -0.833. The van der Waals surface area contributed by atoms with Gasteiger partial charge in [0.2, 0.25) is 0 Å². The Morgan fingerprint density at radius 3 is 2.60 bits per heavy atom. The minimum absolute atomic E-state index is 0.00185. The van der Waals surface area contributed by atoms with Gasteiger partial charge in [-0.3, -0.25) is 4.79 Å². The minimum Gasteiger partial charge on any atom is -0.440 e. The molecule has 0 spiro atoms. The molecule has 0 unspecified atom stereocenters. The van der Waals surface area contributed by atoms with E-state index in [9.17, 15) is 13.6 Å². The Kier molecular flexibility index (Phi) is 2.79. The molecule has 0 saturated carbocycles. The summed E-state index contributed by atoms with van der Waals surface area (Å²) in [5.41, 5.74) is 0.252. The molecule has 2 heterocycles. The molecule has 2 aromatic rings. The molecule has 1 aliphatic rings. The van der Waals surface area contributed by atoms with E-state index in [0.717, 1.165) is 0 Å². The van der Waals surface area contributed by atoms with Gasteiger partial charge in [0.15, 0.2) is 22.5 Å². The van der Waals surface area contributed by atoms with E-state index in [0.29, 0.717) is 0 Å². The molecule has 0 bridgehead atoms. The first kappa shape index (κ1) is 12.7. The van der Waals surface area contributed by atoms with E-state index >= 15 is 0 Å². The first-order valence-corrected chi connectivity index (χ1v) is 5.77. The number of furan rings is 1. The molecule has 1 aliphatic heterocycles. The van der Waals surface area contributed by atoms with Gasteiger partial charge in [0.1, 0.15) is 0 Å². The predicted molar refractivity (Wildman–Crippen MR) is 64.3 cm³/mol. The summed E-state index contributed by atoms with van der Waals surface area (Å²) in [6, 6.07) is 6.68. The van der Waals surface area contributed by atoms with Gasteiger partial charge in [-0.2, -0.15) is 0 Å². The van der Waals surface area contributed by atoms with Crippen molar-refractivity contribution in [3.05, 3.63) is 41.3 Å². The van der Waals surface area contributed by atoms with Crippen molar-refractivity contribution in [2.75, 3.05) is 5.32 Å². The summed E-state index contributed by atoms with van der Waals surface area (Å²) in [5, 5.41) is 2.53. The standard InChI is InChI=1S/C12H6ClF2NO4/c13-10-4-3-8(18-10)11(17)16-6-1-2-7-9(5-6)20-12(14,15)19-7/h1-5H,(H,16,17). The smallest absolute Gasteiger partial charge is 0.440 e. The summed E-state index contributed by atoms with van der Waals surface area (Å²) < 4.78 is 39.1. The normalized spacial score (nSPS) is 15.2. The molecule has 0 fully saturated rings. The first-order chi connectivity index (χ1) is 9.43. The van der Waals surface area contributed by atoms with E-state index in [2.05, 4.69) is 14.8 Å². The number of hydrogen-bond donors (Lipinski definition) is 1. The van der Waals surface area contributed by atoms with E-state index in [4.69, 9.17) is 16.0 Å². The van der Waals surface area contributed by atoms with Crippen LogP contribution in [-0.4, -0.2) is 12.2 Å². The molecule has 1 N–H and O–H groups in total. The lowest BCUT2D eigenvalue weighted by Crippen LogP contribution is -2.25. The number of amides is 1. The molecule has 1 aromatic heterocycles. The lowest BCUT2D eigenvalue weighted by molar-refractivity contribution is -0.286.